The summed E-state index contributed by atoms with van der Waals surface area (Å²) < 4.78 is 4.50. The lowest BCUT2D eigenvalue weighted by Gasteiger charge is -2.27. The fraction of sp³-hybridized carbons (Fsp3) is 0.455. The Morgan fingerprint density at radius 1 is 1.56 bits per heavy atom. The SMILES string of the molecule is COC(=O)C(O)C(C)(C)c1ccc(Cl)cn1. The van der Waals surface area contributed by atoms with Crippen molar-refractivity contribution in [2.75, 3.05) is 7.11 Å². The summed E-state index contributed by atoms with van der Waals surface area (Å²) >= 11 is 5.71. The third kappa shape index (κ3) is 2.51. The summed E-state index contributed by atoms with van der Waals surface area (Å²) in [4.78, 5) is 15.4. The number of rotatable bonds is 3. The van der Waals surface area contributed by atoms with E-state index in [0.29, 0.717) is 10.7 Å². The molecule has 1 aromatic heterocycles. The number of halogens is 1. The van der Waals surface area contributed by atoms with Crippen LogP contribution in [0.1, 0.15) is 19.5 Å². The van der Waals surface area contributed by atoms with Gasteiger partial charge in [-0.2, -0.15) is 0 Å². The lowest BCUT2D eigenvalue weighted by atomic mass is 9.82. The summed E-state index contributed by atoms with van der Waals surface area (Å²) in [6.45, 7) is 3.43. The highest BCUT2D eigenvalue weighted by molar-refractivity contribution is 6.30. The molecule has 0 amide bonds. The first-order valence-electron chi connectivity index (χ1n) is 4.77. The van der Waals surface area contributed by atoms with Crippen LogP contribution in [0, 0.1) is 0 Å². The minimum atomic E-state index is -1.26. The van der Waals surface area contributed by atoms with Crippen LogP contribution in [0.5, 0.6) is 0 Å². The number of esters is 1. The van der Waals surface area contributed by atoms with Crippen molar-refractivity contribution in [1.82, 2.24) is 4.98 Å². The second-order valence-electron chi connectivity index (χ2n) is 4.01. The maximum Gasteiger partial charge on any atom is 0.335 e. The molecule has 0 aliphatic carbocycles. The first-order valence-corrected chi connectivity index (χ1v) is 5.15. The summed E-state index contributed by atoms with van der Waals surface area (Å²) in [5.74, 6) is -0.679. The maximum absolute atomic E-state index is 11.3. The van der Waals surface area contributed by atoms with Gasteiger partial charge in [0, 0.05) is 17.3 Å². The molecule has 0 aromatic carbocycles. The molecule has 0 spiro atoms. The molecule has 1 atom stereocenters. The Kier molecular flexibility index (Phi) is 3.88. The van der Waals surface area contributed by atoms with Gasteiger partial charge < -0.3 is 9.84 Å². The molecule has 0 fully saturated rings. The zero-order chi connectivity index (χ0) is 12.3. The number of pyridine rings is 1. The van der Waals surface area contributed by atoms with Crippen LogP contribution in [-0.4, -0.2) is 29.3 Å². The summed E-state index contributed by atoms with van der Waals surface area (Å²) in [6, 6.07) is 3.34. The standard InChI is InChI=1S/C11H14ClNO3/c1-11(2,9(14)10(15)16-3)8-5-4-7(12)6-13-8/h4-6,9,14H,1-3H3. The number of hydrogen-bond donors (Lipinski definition) is 1. The molecule has 1 aromatic rings. The van der Waals surface area contributed by atoms with Crippen LogP contribution in [0.15, 0.2) is 18.3 Å². The highest BCUT2D eigenvalue weighted by Crippen LogP contribution is 2.26. The molecule has 0 radical (unpaired) electrons. The van der Waals surface area contributed by atoms with Gasteiger partial charge in [-0.1, -0.05) is 25.4 Å². The van der Waals surface area contributed by atoms with Crippen molar-refractivity contribution in [3.05, 3.63) is 29.0 Å². The average molecular weight is 244 g/mol. The molecule has 88 valence electrons. The number of aromatic nitrogens is 1. The molecule has 1 N–H and O–H groups in total. The van der Waals surface area contributed by atoms with Gasteiger partial charge in [0.1, 0.15) is 0 Å². The second kappa shape index (κ2) is 4.80. The van der Waals surface area contributed by atoms with Crippen molar-refractivity contribution in [1.29, 1.82) is 0 Å². The smallest absolute Gasteiger partial charge is 0.335 e. The molecule has 1 rings (SSSR count). The van der Waals surface area contributed by atoms with E-state index in [4.69, 9.17) is 11.6 Å². The van der Waals surface area contributed by atoms with E-state index in [1.165, 1.54) is 13.3 Å². The molecule has 1 heterocycles. The zero-order valence-electron chi connectivity index (χ0n) is 9.40. The number of carbonyl (C=O) groups is 1. The minimum Gasteiger partial charge on any atom is -0.467 e. The monoisotopic (exact) mass is 243 g/mol. The Labute approximate surface area is 99.2 Å². The van der Waals surface area contributed by atoms with E-state index >= 15 is 0 Å². The maximum atomic E-state index is 11.3. The molecular weight excluding hydrogens is 230 g/mol. The zero-order valence-corrected chi connectivity index (χ0v) is 10.2. The number of nitrogens with zero attached hydrogens (tertiary/aromatic N) is 1. The van der Waals surface area contributed by atoms with Crippen molar-refractivity contribution in [3.8, 4) is 0 Å². The van der Waals surface area contributed by atoms with E-state index in [-0.39, 0.29) is 0 Å². The molecule has 5 heteroatoms. The van der Waals surface area contributed by atoms with Gasteiger partial charge in [0.25, 0.3) is 0 Å². The van der Waals surface area contributed by atoms with Gasteiger partial charge in [0.2, 0.25) is 0 Å². The van der Waals surface area contributed by atoms with Crippen LogP contribution in [-0.2, 0) is 14.9 Å². The minimum absolute atomic E-state index is 0.507. The number of aliphatic hydroxyl groups excluding tert-OH is 1. The second-order valence-corrected chi connectivity index (χ2v) is 4.45. The Bertz CT molecular complexity index is 375. The van der Waals surface area contributed by atoms with Gasteiger partial charge in [-0.25, -0.2) is 4.79 Å². The Morgan fingerprint density at radius 3 is 2.62 bits per heavy atom. The fourth-order valence-electron chi connectivity index (χ4n) is 1.30. The van der Waals surface area contributed by atoms with Gasteiger partial charge in [-0.15, -0.1) is 0 Å². The van der Waals surface area contributed by atoms with E-state index in [0.717, 1.165) is 0 Å². The predicted octanol–water partition coefficient (Wildman–Crippen LogP) is 1.55. The number of aliphatic hydroxyl groups is 1. The first kappa shape index (κ1) is 12.9. The lowest BCUT2D eigenvalue weighted by molar-refractivity contribution is -0.153. The third-order valence-electron chi connectivity index (χ3n) is 2.50. The molecule has 0 bridgehead atoms. The summed E-state index contributed by atoms with van der Waals surface area (Å²) in [5, 5.41) is 10.3. The largest absolute Gasteiger partial charge is 0.467 e. The highest BCUT2D eigenvalue weighted by Gasteiger charge is 2.37. The first-order chi connectivity index (χ1) is 7.39. The van der Waals surface area contributed by atoms with E-state index in [1.807, 2.05) is 0 Å². The lowest BCUT2D eigenvalue weighted by Crippen LogP contribution is -2.41. The van der Waals surface area contributed by atoms with E-state index in [9.17, 15) is 9.90 Å². The molecular formula is C11H14ClNO3. The molecule has 16 heavy (non-hydrogen) atoms. The van der Waals surface area contributed by atoms with E-state index < -0.39 is 17.5 Å². The third-order valence-corrected chi connectivity index (χ3v) is 2.72. The fourth-order valence-corrected chi connectivity index (χ4v) is 1.42. The molecule has 4 nitrogen and oxygen atoms in total. The topological polar surface area (TPSA) is 59.4 Å². The van der Waals surface area contributed by atoms with Crippen LogP contribution in [0.4, 0.5) is 0 Å². The molecule has 0 aliphatic heterocycles. The number of carbonyl (C=O) groups excluding carboxylic acids is 1. The number of methoxy groups -OCH3 is 1. The summed E-state index contributed by atoms with van der Waals surface area (Å²) in [7, 11) is 1.23. The van der Waals surface area contributed by atoms with Crippen LogP contribution >= 0.6 is 11.6 Å². The molecule has 0 aliphatic rings. The van der Waals surface area contributed by atoms with Crippen molar-refractivity contribution < 1.29 is 14.6 Å². The van der Waals surface area contributed by atoms with E-state index in [2.05, 4.69) is 9.72 Å². The van der Waals surface area contributed by atoms with Crippen LogP contribution in [0.2, 0.25) is 5.02 Å². The van der Waals surface area contributed by atoms with Gasteiger partial charge in [0.15, 0.2) is 6.10 Å². The van der Waals surface area contributed by atoms with Crippen molar-refractivity contribution in [3.63, 3.8) is 0 Å². The summed E-state index contributed by atoms with van der Waals surface area (Å²) in [6.07, 6.45) is 0.217. The molecule has 0 saturated carbocycles. The number of ether oxygens (including phenoxy) is 1. The Balaban J connectivity index is 3.01. The van der Waals surface area contributed by atoms with Crippen LogP contribution < -0.4 is 0 Å². The van der Waals surface area contributed by atoms with Crippen LogP contribution in [0.3, 0.4) is 0 Å². The average Bonchev–Trinajstić information content (AvgIpc) is 2.27. The Hall–Kier alpha value is -1.13. The van der Waals surface area contributed by atoms with Gasteiger partial charge >= 0.3 is 5.97 Å². The molecule has 1 unspecified atom stereocenters. The quantitative estimate of drug-likeness (QED) is 0.819. The van der Waals surface area contributed by atoms with Gasteiger partial charge in [0.05, 0.1) is 12.1 Å². The summed E-state index contributed by atoms with van der Waals surface area (Å²) in [5.41, 5.74) is -0.243. The predicted molar refractivity (Wildman–Crippen MR) is 60.3 cm³/mol. The van der Waals surface area contributed by atoms with Gasteiger partial charge in [-0.05, 0) is 12.1 Å². The van der Waals surface area contributed by atoms with Crippen molar-refractivity contribution >= 4 is 17.6 Å². The Morgan fingerprint density at radius 2 is 2.19 bits per heavy atom. The highest BCUT2D eigenvalue weighted by atomic mass is 35.5. The van der Waals surface area contributed by atoms with Crippen molar-refractivity contribution in [2.24, 2.45) is 0 Å². The van der Waals surface area contributed by atoms with Gasteiger partial charge in [-0.3, -0.25) is 4.98 Å². The normalized spacial score (nSPS) is 13.3. The van der Waals surface area contributed by atoms with Crippen LogP contribution in [0.25, 0.3) is 0 Å². The number of hydrogen-bond acceptors (Lipinski definition) is 4. The van der Waals surface area contributed by atoms with Crippen molar-refractivity contribution in [2.45, 2.75) is 25.4 Å². The molecule has 0 saturated heterocycles. The van der Waals surface area contributed by atoms with E-state index in [1.54, 1.807) is 26.0 Å².